The number of hydrogen-bond donors (Lipinski definition) is 1. The van der Waals surface area contributed by atoms with E-state index in [4.69, 9.17) is 4.74 Å². The molecule has 2 aromatic heterocycles. The number of nitrogens with one attached hydrogen (secondary N) is 1. The van der Waals surface area contributed by atoms with E-state index in [0.717, 1.165) is 16.9 Å². The van der Waals surface area contributed by atoms with E-state index in [1.165, 1.54) is 0 Å². The number of nitrogens with zero attached hydrogens (tertiary/aromatic N) is 2. The van der Waals surface area contributed by atoms with Crippen LogP contribution in [0.5, 0.6) is 5.75 Å². The summed E-state index contributed by atoms with van der Waals surface area (Å²) >= 11 is 0. The van der Waals surface area contributed by atoms with Gasteiger partial charge in [0.15, 0.2) is 0 Å². The van der Waals surface area contributed by atoms with Gasteiger partial charge in [0.25, 0.3) is 0 Å². The fourth-order valence-electron chi connectivity index (χ4n) is 3.15. The van der Waals surface area contributed by atoms with Crippen molar-refractivity contribution in [2.45, 2.75) is 25.9 Å². The van der Waals surface area contributed by atoms with E-state index in [1.54, 1.807) is 0 Å². The number of pyridine rings is 1. The van der Waals surface area contributed by atoms with Crippen LogP contribution in [0.2, 0.25) is 0 Å². The van der Waals surface area contributed by atoms with Gasteiger partial charge in [0, 0.05) is 24.1 Å². The Morgan fingerprint density at radius 2 is 1.83 bits per heavy atom. The normalized spacial score (nSPS) is 11.4. The molecule has 29 heavy (non-hydrogen) atoms. The Kier molecular flexibility index (Phi) is 5.04. The zero-order chi connectivity index (χ0) is 20.3. The number of ether oxygens (including phenoxy) is 1. The highest BCUT2D eigenvalue weighted by Gasteiger charge is 2.29. The highest BCUT2D eigenvalue weighted by molar-refractivity contribution is 5.98. The van der Waals surface area contributed by atoms with Crippen LogP contribution in [0.15, 0.2) is 85.2 Å². The summed E-state index contributed by atoms with van der Waals surface area (Å²) in [5.74, 6) is 0.610. The topological polar surface area (TPSA) is 55.6 Å². The molecule has 5 heteroatoms. The summed E-state index contributed by atoms with van der Waals surface area (Å²) in [7, 11) is 0. The number of aromatic nitrogens is 2. The molecule has 0 bridgehead atoms. The SMILES string of the molecule is CC(C)(C(=O)Nc1cccc(OCc2cn3ccccc3n2)c1)c1ccccc1. The molecule has 2 heterocycles. The van der Waals surface area contributed by atoms with Crippen molar-refractivity contribution in [2.24, 2.45) is 0 Å². The van der Waals surface area contributed by atoms with Gasteiger partial charge in [-0.05, 0) is 43.7 Å². The van der Waals surface area contributed by atoms with E-state index in [9.17, 15) is 4.79 Å². The molecule has 5 nitrogen and oxygen atoms in total. The first-order valence-corrected chi connectivity index (χ1v) is 9.55. The third kappa shape index (κ3) is 4.14. The monoisotopic (exact) mass is 385 g/mol. The van der Waals surface area contributed by atoms with Crippen molar-refractivity contribution >= 4 is 17.2 Å². The molecule has 0 radical (unpaired) electrons. The van der Waals surface area contributed by atoms with Crippen molar-refractivity contribution in [1.29, 1.82) is 0 Å². The number of imidazole rings is 1. The average molecular weight is 385 g/mol. The van der Waals surface area contributed by atoms with E-state index < -0.39 is 5.41 Å². The summed E-state index contributed by atoms with van der Waals surface area (Å²) in [6.07, 6.45) is 3.90. The number of anilines is 1. The molecule has 0 saturated carbocycles. The second-order valence-corrected chi connectivity index (χ2v) is 7.46. The lowest BCUT2D eigenvalue weighted by molar-refractivity contribution is -0.120. The van der Waals surface area contributed by atoms with Crippen molar-refractivity contribution in [3.8, 4) is 5.75 Å². The average Bonchev–Trinajstić information content (AvgIpc) is 3.16. The van der Waals surface area contributed by atoms with Crippen molar-refractivity contribution in [3.63, 3.8) is 0 Å². The molecule has 0 aliphatic carbocycles. The van der Waals surface area contributed by atoms with Gasteiger partial charge in [0.05, 0.1) is 11.1 Å². The molecule has 4 rings (SSSR count). The third-order valence-electron chi connectivity index (χ3n) is 4.96. The highest BCUT2D eigenvalue weighted by Crippen LogP contribution is 2.26. The minimum Gasteiger partial charge on any atom is -0.487 e. The minimum atomic E-state index is -0.644. The summed E-state index contributed by atoms with van der Waals surface area (Å²) in [5.41, 5.74) is 2.75. The number of rotatable bonds is 6. The van der Waals surface area contributed by atoms with Gasteiger partial charge in [-0.3, -0.25) is 4.79 Å². The van der Waals surface area contributed by atoms with Gasteiger partial charge >= 0.3 is 0 Å². The van der Waals surface area contributed by atoms with Crippen LogP contribution in [0.4, 0.5) is 5.69 Å². The largest absolute Gasteiger partial charge is 0.487 e. The van der Waals surface area contributed by atoms with Gasteiger partial charge in [-0.2, -0.15) is 0 Å². The van der Waals surface area contributed by atoms with Crippen LogP contribution in [0, 0.1) is 0 Å². The second kappa shape index (κ2) is 7.80. The first-order valence-electron chi connectivity index (χ1n) is 9.55. The maximum absolute atomic E-state index is 12.9. The summed E-state index contributed by atoms with van der Waals surface area (Å²) in [6, 6.07) is 23.1. The van der Waals surface area contributed by atoms with Crippen molar-refractivity contribution in [3.05, 3.63) is 96.4 Å². The fourth-order valence-corrected chi connectivity index (χ4v) is 3.15. The minimum absolute atomic E-state index is 0.0683. The van der Waals surface area contributed by atoms with E-state index in [1.807, 2.05) is 103 Å². The number of carbonyl (C=O) groups excluding carboxylic acids is 1. The molecule has 0 atom stereocenters. The molecule has 4 aromatic rings. The maximum Gasteiger partial charge on any atom is 0.234 e. The molecule has 1 N–H and O–H groups in total. The molecular weight excluding hydrogens is 362 g/mol. The predicted octanol–water partition coefficient (Wildman–Crippen LogP) is 4.83. The standard InChI is InChI=1S/C24H23N3O2/c1-24(2,18-9-4-3-5-10-18)23(28)26-19-11-8-12-21(15-19)29-17-20-16-27-14-7-6-13-22(27)25-20/h3-16H,17H2,1-2H3,(H,26,28). The molecule has 0 aliphatic heterocycles. The quantitative estimate of drug-likeness (QED) is 0.517. The lowest BCUT2D eigenvalue weighted by atomic mass is 9.83. The molecule has 2 aromatic carbocycles. The first kappa shape index (κ1) is 18.7. The molecule has 0 saturated heterocycles. The van der Waals surface area contributed by atoms with E-state index in [-0.39, 0.29) is 5.91 Å². The number of carbonyl (C=O) groups is 1. The molecule has 1 amide bonds. The van der Waals surface area contributed by atoms with Crippen molar-refractivity contribution in [2.75, 3.05) is 5.32 Å². The molecule has 0 spiro atoms. The maximum atomic E-state index is 12.9. The van der Waals surface area contributed by atoms with E-state index >= 15 is 0 Å². The van der Waals surface area contributed by atoms with Gasteiger partial charge in [0.2, 0.25) is 5.91 Å². The summed E-state index contributed by atoms with van der Waals surface area (Å²) in [5, 5.41) is 3.00. The second-order valence-electron chi connectivity index (χ2n) is 7.46. The van der Waals surface area contributed by atoms with Gasteiger partial charge in [-0.15, -0.1) is 0 Å². The summed E-state index contributed by atoms with van der Waals surface area (Å²) in [6.45, 7) is 4.19. The van der Waals surface area contributed by atoms with Crippen LogP contribution in [0.3, 0.4) is 0 Å². The van der Waals surface area contributed by atoms with Crippen LogP contribution in [0.25, 0.3) is 5.65 Å². The lowest BCUT2D eigenvalue weighted by Gasteiger charge is -2.24. The van der Waals surface area contributed by atoms with Gasteiger partial charge < -0.3 is 14.5 Å². The Balaban J connectivity index is 1.43. The van der Waals surface area contributed by atoms with Crippen LogP contribution in [-0.2, 0) is 16.8 Å². The number of fused-ring (bicyclic) bond motifs is 1. The number of hydrogen-bond acceptors (Lipinski definition) is 3. The Hall–Kier alpha value is -3.60. The smallest absolute Gasteiger partial charge is 0.234 e. The third-order valence-corrected chi connectivity index (χ3v) is 4.96. The van der Waals surface area contributed by atoms with Crippen LogP contribution in [0.1, 0.15) is 25.1 Å². The molecular formula is C24H23N3O2. The number of benzene rings is 2. The summed E-state index contributed by atoms with van der Waals surface area (Å²) in [4.78, 5) is 17.4. The molecule has 0 unspecified atom stereocenters. The van der Waals surface area contributed by atoms with Crippen LogP contribution >= 0.6 is 0 Å². The zero-order valence-corrected chi connectivity index (χ0v) is 16.5. The Labute approximate surface area is 170 Å². The van der Waals surface area contributed by atoms with Crippen LogP contribution < -0.4 is 10.1 Å². The van der Waals surface area contributed by atoms with Crippen LogP contribution in [-0.4, -0.2) is 15.3 Å². The van der Waals surface area contributed by atoms with Crippen molar-refractivity contribution < 1.29 is 9.53 Å². The zero-order valence-electron chi connectivity index (χ0n) is 16.5. The summed E-state index contributed by atoms with van der Waals surface area (Å²) < 4.78 is 7.85. The molecule has 146 valence electrons. The van der Waals surface area contributed by atoms with Gasteiger partial charge in [-0.1, -0.05) is 42.5 Å². The highest BCUT2D eigenvalue weighted by atomic mass is 16.5. The van der Waals surface area contributed by atoms with Crippen molar-refractivity contribution in [1.82, 2.24) is 9.38 Å². The van der Waals surface area contributed by atoms with E-state index in [0.29, 0.717) is 18.0 Å². The Bertz CT molecular complexity index is 1100. The van der Waals surface area contributed by atoms with E-state index in [2.05, 4.69) is 10.3 Å². The predicted molar refractivity (Wildman–Crippen MR) is 114 cm³/mol. The molecule has 0 fully saturated rings. The van der Waals surface area contributed by atoms with Gasteiger partial charge in [-0.25, -0.2) is 4.98 Å². The fraction of sp³-hybridized carbons (Fsp3) is 0.167. The first-order chi connectivity index (χ1) is 14.0. The number of amides is 1. The molecule has 0 aliphatic rings. The Morgan fingerprint density at radius 3 is 2.62 bits per heavy atom. The Morgan fingerprint density at radius 1 is 1.03 bits per heavy atom. The lowest BCUT2D eigenvalue weighted by Crippen LogP contribution is -2.34. The van der Waals surface area contributed by atoms with Gasteiger partial charge in [0.1, 0.15) is 18.0 Å².